The summed E-state index contributed by atoms with van der Waals surface area (Å²) in [4.78, 5) is 17.4. The number of carbonyl (C=O) groups is 1. The molecule has 4 heteroatoms. The SMILES string of the molecule is CN1CCN(c2ccc(-c3ccccc3)c(/C=C/C(=O)c3ccc(O)cc3)c2)CC1. The van der Waals surface area contributed by atoms with Crippen LogP contribution in [0.3, 0.4) is 0 Å². The summed E-state index contributed by atoms with van der Waals surface area (Å²) in [5, 5.41) is 9.44. The Labute approximate surface area is 177 Å². The molecule has 1 saturated heterocycles. The highest BCUT2D eigenvalue weighted by Gasteiger charge is 2.15. The molecule has 3 aromatic carbocycles. The Morgan fingerprint density at radius 3 is 2.30 bits per heavy atom. The van der Waals surface area contributed by atoms with Crippen LogP contribution in [0, 0.1) is 0 Å². The van der Waals surface area contributed by atoms with Crippen molar-refractivity contribution >= 4 is 17.5 Å². The standard InChI is InChI=1S/C26H26N2O2/c1-27-15-17-28(18-16-27)23-10-13-25(20-5-3-2-4-6-20)22(19-23)9-14-26(30)21-7-11-24(29)12-8-21/h2-14,19,29H,15-18H2,1H3/b14-9+. The quantitative estimate of drug-likeness (QED) is 0.499. The zero-order chi connectivity index (χ0) is 20.9. The summed E-state index contributed by atoms with van der Waals surface area (Å²) in [5.41, 5.74) is 4.98. The zero-order valence-electron chi connectivity index (χ0n) is 17.2. The van der Waals surface area contributed by atoms with Crippen LogP contribution in [-0.2, 0) is 0 Å². The summed E-state index contributed by atoms with van der Waals surface area (Å²) in [7, 11) is 2.15. The van der Waals surface area contributed by atoms with Gasteiger partial charge in [-0.25, -0.2) is 0 Å². The van der Waals surface area contributed by atoms with Crippen LogP contribution in [0.25, 0.3) is 17.2 Å². The second-order valence-electron chi connectivity index (χ2n) is 7.67. The number of rotatable bonds is 5. The fourth-order valence-corrected chi connectivity index (χ4v) is 3.72. The molecular formula is C26H26N2O2. The van der Waals surface area contributed by atoms with Crippen molar-refractivity contribution in [2.24, 2.45) is 0 Å². The van der Waals surface area contributed by atoms with E-state index in [0.717, 1.165) is 42.9 Å². The summed E-state index contributed by atoms with van der Waals surface area (Å²) in [6, 6.07) is 23.1. The minimum atomic E-state index is -0.0842. The number of anilines is 1. The van der Waals surface area contributed by atoms with Crippen LogP contribution >= 0.6 is 0 Å². The Morgan fingerprint density at radius 2 is 1.60 bits per heavy atom. The number of phenols is 1. The molecule has 0 bridgehead atoms. The summed E-state index contributed by atoms with van der Waals surface area (Å²) < 4.78 is 0. The number of aromatic hydroxyl groups is 1. The maximum atomic E-state index is 12.6. The predicted octanol–water partition coefficient (Wildman–Crippen LogP) is 4.71. The number of allylic oxidation sites excluding steroid dienone is 1. The molecule has 1 fully saturated rings. The number of hydrogen-bond acceptors (Lipinski definition) is 4. The fourth-order valence-electron chi connectivity index (χ4n) is 3.72. The summed E-state index contributed by atoms with van der Waals surface area (Å²) in [6.45, 7) is 4.09. The van der Waals surface area contributed by atoms with Crippen LogP contribution in [0.5, 0.6) is 5.75 Å². The van der Waals surface area contributed by atoms with Gasteiger partial charge in [0.2, 0.25) is 0 Å². The van der Waals surface area contributed by atoms with E-state index >= 15 is 0 Å². The van der Waals surface area contributed by atoms with E-state index in [1.54, 1.807) is 18.2 Å². The first kappa shape index (κ1) is 19.9. The van der Waals surface area contributed by atoms with Crippen molar-refractivity contribution in [2.45, 2.75) is 0 Å². The molecule has 0 spiro atoms. The lowest BCUT2D eigenvalue weighted by Crippen LogP contribution is -2.44. The number of likely N-dealkylation sites (N-methyl/N-ethyl adjacent to an activating group) is 1. The van der Waals surface area contributed by atoms with Crippen molar-refractivity contribution in [3.05, 3.63) is 90.0 Å². The minimum absolute atomic E-state index is 0.0842. The van der Waals surface area contributed by atoms with Gasteiger partial charge >= 0.3 is 0 Å². The number of phenolic OH excluding ortho intramolecular Hbond substituents is 1. The first-order valence-corrected chi connectivity index (χ1v) is 10.2. The van der Waals surface area contributed by atoms with Gasteiger partial charge in [0.15, 0.2) is 5.78 Å². The summed E-state index contributed by atoms with van der Waals surface area (Å²) in [5.74, 6) is 0.0702. The number of piperazine rings is 1. The maximum absolute atomic E-state index is 12.6. The lowest BCUT2D eigenvalue weighted by molar-refractivity contribution is 0.104. The van der Waals surface area contributed by atoms with Crippen molar-refractivity contribution in [1.29, 1.82) is 0 Å². The molecule has 1 aliphatic rings. The number of benzene rings is 3. The first-order chi connectivity index (χ1) is 14.6. The van der Waals surface area contributed by atoms with Crippen LogP contribution in [0.2, 0.25) is 0 Å². The highest BCUT2D eigenvalue weighted by atomic mass is 16.3. The lowest BCUT2D eigenvalue weighted by atomic mass is 9.97. The molecule has 0 amide bonds. The first-order valence-electron chi connectivity index (χ1n) is 10.2. The number of hydrogen-bond donors (Lipinski definition) is 1. The Morgan fingerprint density at radius 1 is 0.900 bits per heavy atom. The minimum Gasteiger partial charge on any atom is -0.508 e. The van der Waals surface area contributed by atoms with Crippen LogP contribution < -0.4 is 4.90 Å². The van der Waals surface area contributed by atoms with Gasteiger partial charge in [-0.05, 0) is 66.2 Å². The summed E-state index contributed by atoms with van der Waals surface area (Å²) >= 11 is 0. The Hall–Kier alpha value is -3.37. The van der Waals surface area contributed by atoms with E-state index in [9.17, 15) is 9.90 Å². The molecule has 1 heterocycles. The molecule has 1 aliphatic heterocycles. The van der Waals surface area contributed by atoms with Crippen LogP contribution in [-0.4, -0.2) is 49.0 Å². The Bertz CT molecular complexity index is 1030. The van der Waals surface area contributed by atoms with Crippen molar-refractivity contribution in [2.75, 3.05) is 38.1 Å². The van der Waals surface area contributed by atoms with Gasteiger partial charge < -0.3 is 14.9 Å². The largest absolute Gasteiger partial charge is 0.508 e. The number of ketones is 1. The second kappa shape index (κ2) is 8.97. The van der Waals surface area contributed by atoms with E-state index in [2.05, 4.69) is 47.2 Å². The molecule has 30 heavy (non-hydrogen) atoms. The van der Waals surface area contributed by atoms with E-state index in [1.807, 2.05) is 24.3 Å². The molecule has 0 saturated carbocycles. The lowest BCUT2D eigenvalue weighted by Gasteiger charge is -2.34. The van der Waals surface area contributed by atoms with E-state index in [1.165, 1.54) is 17.8 Å². The third-order valence-electron chi connectivity index (χ3n) is 5.55. The highest BCUT2D eigenvalue weighted by Crippen LogP contribution is 2.29. The van der Waals surface area contributed by atoms with Gasteiger partial charge in [-0.2, -0.15) is 0 Å². The van der Waals surface area contributed by atoms with Crippen LogP contribution in [0.1, 0.15) is 15.9 Å². The molecular weight excluding hydrogens is 372 g/mol. The molecule has 0 aliphatic carbocycles. The third kappa shape index (κ3) is 4.61. The van der Waals surface area contributed by atoms with Gasteiger partial charge in [-0.15, -0.1) is 0 Å². The number of carbonyl (C=O) groups excluding carboxylic acids is 1. The van der Waals surface area contributed by atoms with Crippen LogP contribution in [0.4, 0.5) is 5.69 Å². The van der Waals surface area contributed by atoms with E-state index in [0.29, 0.717) is 5.56 Å². The van der Waals surface area contributed by atoms with Crippen molar-refractivity contribution in [1.82, 2.24) is 4.90 Å². The topological polar surface area (TPSA) is 43.8 Å². The van der Waals surface area contributed by atoms with Gasteiger partial charge in [0.25, 0.3) is 0 Å². The van der Waals surface area contributed by atoms with Gasteiger partial charge in [-0.3, -0.25) is 4.79 Å². The maximum Gasteiger partial charge on any atom is 0.185 e. The van der Waals surface area contributed by atoms with Crippen LogP contribution in [0.15, 0.2) is 78.9 Å². The molecule has 0 aromatic heterocycles. The highest BCUT2D eigenvalue weighted by molar-refractivity contribution is 6.07. The third-order valence-corrected chi connectivity index (χ3v) is 5.55. The van der Waals surface area contributed by atoms with Gasteiger partial charge in [0.1, 0.15) is 5.75 Å². The molecule has 0 atom stereocenters. The molecule has 3 aromatic rings. The van der Waals surface area contributed by atoms with Crippen molar-refractivity contribution < 1.29 is 9.90 Å². The molecule has 4 rings (SSSR count). The zero-order valence-corrected chi connectivity index (χ0v) is 17.2. The predicted molar refractivity (Wildman–Crippen MR) is 123 cm³/mol. The molecule has 1 N–H and O–H groups in total. The summed E-state index contributed by atoms with van der Waals surface area (Å²) in [6.07, 6.45) is 3.51. The van der Waals surface area contributed by atoms with Crippen molar-refractivity contribution in [3.63, 3.8) is 0 Å². The molecule has 0 unspecified atom stereocenters. The van der Waals surface area contributed by atoms with E-state index in [-0.39, 0.29) is 11.5 Å². The Kier molecular flexibility index (Phi) is 5.96. The Balaban J connectivity index is 1.66. The smallest absolute Gasteiger partial charge is 0.185 e. The molecule has 0 radical (unpaired) electrons. The monoisotopic (exact) mass is 398 g/mol. The molecule has 152 valence electrons. The fraction of sp³-hybridized carbons (Fsp3) is 0.192. The van der Waals surface area contributed by atoms with Gasteiger partial charge in [-0.1, -0.05) is 42.5 Å². The number of nitrogens with zero attached hydrogens (tertiary/aromatic N) is 2. The van der Waals surface area contributed by atoms with E-state index < -0.39 is 0 Å². The van der Waals surface area contributed by atoms with Gasteiger partial charge in [0, 0.05) is 37.4 Å². The molecule has 4 nitrogen and oxygen atoms in total. The average Bonchev–Trinajstić information content (AvgIpc) is 2.79. The van der Waals surface area contributed by atoms with Crippen molar-refractivity contribution in [3.8, 4) is 16.9 Å². The van der Waals surface area contributed by atoms with Gasteiger partial charge in [0.05, 0.1) is 0 Å². The average molecular weight is 399 g/mol. The normalized spacial score (nSPS) is 14.9. The second-order valence-corrected chi connectivity index (χ2v) is 7.67. The van der Waals surface area contributed by atoms with E-state index in [4.69, 9.17) is 0 Å².